The highest BCUT2D eigenvalue weighted by molar-refractivity contribution is 9.09. The molecule has 0 radical (unpaired) electrons. The highest BCUT2D eigenvalue weighted by Crippen LogP contribution is 2.19. The molecule has 1 rings (SSSR count). The molecule has 0 heterocycles. The molecule has 1 atom stereocenters. The van der Waals surface area contributed by atoms with Gasteiger partial charge in [-0.15, -0.1) is 0 Å². The molecule has 0 aliphatic heterocycles. The van der Waals surface area contributed by atoms with E-state index in [9.17, 15) is 0 Å². The van der Waals surface area contributed by atoms with Crippen LogP contribution in [0, 0.1) is 6.92 Å². The monoisotopic (exact) mass is 288 g/mol. The second-order valence-electron chi connectivity index (χ2n) is 3.98. The molecule has 0 saturated heterocycles. The Morgan fingerprint density at radius 3 is 2.73 bits per heavy atom. The predicted octanol–water partition coefficient (Wildman–Crippen LogP) is 5.14. The third kappa shape index (κ3) is 4.56. The van der Waals surface area contributed by atoms with E-state index in [1.54, 1.807) is 0 Å². The van der Waals surface area contributed by atoms with Crippen molar-refractivity contribution in [1.82, 2.24) is 0 Å². The summed E-state index contributed by atoms with van der Waals surface area (Å²) in [7, 11) is 0. The number of halogens is 2. The molecule has 0 spiro atoms. The number of benzene rings is 1. The molecule has 1 unspecified atom stereocenters. The fraction of sp³-hybridized carbons (Fsp3) is 0.538. The van der Waals surface area contributed by atoms with Crippen molar-refractivity contribution in [3.63, 3.8) is 0 Å². The summed E-state index contributed by atoms with van der Waals surface area (Å²) in [6, 6.07) is 6.32. The first-order valence-electron chi connectivity index (χ1n) is 5.52. The van der Waals surface area contributed by atoms with Crippen molar-refractivity contribution >= 4 is 27.5 Å². The molecule has 0 aromatic heterocycles. The molecule has 0 fully saturated rings. The van der Waals surface area contributed by atoms with E-state index in [1.165, 1.54) is 30.4 Å². The first kappa shape index (κ1) is 13.1. The summed E-state index contributed by atoms with van der Waals surface area (Å²) < 4.78 is 0. The van der Waals surface area contributed by atoms with Crippen molar-refractivity contribution in [2.75, 3.05) is 0 Å². The van der Waals surface area contributed by atoms with Gasteiger partial charge in [-0.3, -0.25) is 0 Å². The minimum atomic E-state index is 0.672. The van der Waals surface area contributed by atoms with Gasteiger partial charge in [0.05, 0.1) is 0 Å². The fourth-order valence-electron chi connectivity index (χ4n) is 1.59. The number of alkyl halides is 1. The maximum absolute atomic E-state index is 5.98. The Hall–Kier alpha value is -0.0100. The zero-order valence-electron chi connectivity index (χ0n) is 9.39. The number of rotatable bonds is 5. The summed E-state index contributed by atoms with van der Waals surface area (Å²) in [5, 5.41) is 0.866. The van der Waals surface area contributed by atoms with Gasteiger partial charge >= 0.3 is 0 Å². The molecule has 2 heteroatoms. The maximum Gasteiger partial charge on any atom is 0.0435 e. The molecule has 1 aromatic carbocycles. The van der Waals surface area contributed by atoms with E-state index in [1.807, 2.05) is 6.07 Å². The van der Waals surface area contributed by atoms with Gasteiger partial charge in [-0.25, -0.2) is 0 Å². The van der Waals surface area contributed by atoms with Crippen LogP contribution in [0.5, 0.6) is 0 Å². The smallest absolute Gasteiger partial charge is 0.0435 e. The average Bonchev–Trinajstić information content (AvgIpc) is 2.23. The lowest BCUT2D eigenvalue weighted by molar-refractivity contribution is 0.689. The van der Waals surface area contributed by atoms with Crippen LogP contribution in [-0.4, -0.2) is 4.83 Å². The van der Waals surface area contributed by atoms with Crippen molar-refractivity contribution < 1.29 is 0 Å². The molecule has 0 aliphatic carbocycles. The first-order chi connectivity index (χ1) is 7.13. The van der Waals surface area contributed by atoms with Crippen LogP contribution in [0.3, 0.4) is 0 Å². The molecular weight excluding hydrogens is 272 g/mol. The van der Waals surface area contributed by atoms with Crippen LogP contribution in [0.25, 0.3) is 0 Å². The van der Waals surface area contributed by atoms with E-state index >= 15 is 0 Å². The summed E-state index contributed by atoms with van der Waals surface area (Å²) in [4.78, 5) is 0.672. The third-order valence-electron chi connectivity index (χ3n) is 2.65. The highest BCUT2D eigenvalue weighted by atomic mass is 79.9. The van der Waals surface area contributed by atoms with Gasteiger partial charge in [0, 0.05) is 9.85 Å². The van der Waals surface area contributed by atoms with Crippen LogP contribution in [0.15, 0.2) is 18.2 Å². The second kappa shape index (κ2) is 6.55. The van der Waals surface area contributed by atoms with Gasteiger partial charge in [0.25, 0.3) is 0 Å². The molecule has 0 N–H and O–H groups in total. The molecule has 0 bridgehead atoms. The second-order valence-corrected chi connectivity index (χ2v) is 5.68. The Bertz CT molecular complexity index is 309. The van der Waals surface area contributed by atoms with Crippen LogP contribution >= 0.6 is 27.5 Å². The van der Waals surface area contributed by atoms with Gasteiger partial charge in [-0.2, -0.15) is 0 Å². The molecule has 15 heavy (non-hydrogen) atoms. The van der Waals surface area contributed by atoms with Crippen molar-refractivity contribution in [3.05, 3.63) is 34.3 Å². The van der Waals surface area contributed by atoms with Crippen molar-refractivity contribution in [2.24, 2.45) is 0 Å². The average molecular weight is 290 g/mol. The minimum Gasteiger partial charge on any atom is -0.0891 e. The van der Waals surface area contributed by atoms with E-state index in [-0.39, 0.29) is 0 Å². The quantitative estimate of drug-likeness (QED) is 0.658. The summed E-state index contributed by atoms with van der Waals surface area (Å²) in [5.41, 5.74) is 2.58. The molecule has 84 valence electrons. The zero-order chi connectivity index (χ0) is 11.3. The lowest BCUT2D eigenvalue weighted by Crippen LogP contribution is -1.96. The Kier molecular flexibility index (Phi) is 5.70. The van der Waals surface area contributed by atoms with Gasteiger partial charge in [-0.05, 0) is 49.8 Å². The lowest BCUT2D eigenvalue weighted by atomic mass is 10.0. The highest BCUT2D eigenvalue weighted by Gasteiger charge is 2.02. The van der Waals surface area contributed by atoms with Gasteiger partial charge in [-0.1, -0.05) is 46.6 Å². The van der Waals surface area contributed by atoms with E-state index in [4.69, 9.17) is 11.6 Å². The Labute approximate surface area is 106 Å². The molecule has 1 aromatic rings. The van der Waals surface area contributed by atoms with Crippen LogP contribution in [0.1, 0.15) is 37.3 Å². The largest absolute Gasteiger partial charge is 0.0891 e. The minimum absolute atomic E-state index is 0.672. The van der Waals surface area contributed by atoms with Gasteiger partial charge < -0.3 is 0 Å². The van der Waals surface area contributed by atoms with Crippen LogP contribution in [0.2, 0.25) is 5.02 Å². The van der Waals surface area contributed by atoms with Gasteiger partial charge in [0.1, 0.15) is 0 Å². The van der Waals surface area contributed by atoms with E-state index < -0.39 is 0 Å². The molecular formula is C13H18BrCl. The standard InChI is InChI=1S/C13H18BrCl/c1-3-12(14)6-4-5-11-7-8-13(15)10(2)9-11/h7-9,12H,3-6H2,1-2H3. The van der Waals surface area contributed by atoms with Crippen LogP contribution in [-0.2, 0) is 6.42 Å². The summed E-state index contributed by atoms with van der Waals surface area (Å²) in [6.07, 6.45) is 4.85. The van der Waals surface area contributed by atoms with Crippen molar-refractivity contribution in [1.29, 1.82) is 0 Å². The van der Waals surface area contributed by atoms with E-state index in [2.05, 4.69) is 41.9 Å². The number of hydrogen-bond donors (Lipinski definition) is 0. The topological polar surface area (TPSA) is 0 Å². The fourth-order valence-corrected chi connectivity index (χ4v) is 2.04. The van der Waals surface area contributed by atoms with E-state index in [0.717, 1.165) is 11.4 Å². The van der Waals surface area contributed by atoms with Gasteiger partial charge in [0.2, 0.25) is 0 Å². The van der Waals surface area contributed by atoms with E-state index in [0.29, 0.717) is 4.83 Å². The maximum atomic E-state index is 5.98. The van der Waals surface area contributed by atoms with Gasteiger partial charge in [0.15, 0.2) is 0 Å². The Morgan fingerprint density at radius 2 is 2.13 bits per heavy atom. The number of hydrogen-bond acceptors (Lipinski definition) is 0. The Morgan fingerprint density at radius 1 is 1.40 bits per heavy atom. The molecule has 0 saturated carbocycles. The summed E-state index contributed by atoms with van der Waals surface area (Å²) in [5.74, 6) is 0. The lowest BCUT2D eigenvalue weighted by Gasteiger charge is -2.07. The molecule has 0 nitrogen and oxygen atoms in total. The Balaban J connectivity index is 2.41. The van der Waals surface area contributed by atoms with Crippen LogP contribution < -0.4 is 0 Å². The SMILES string of the molecule is CCC(Br)CCCc1ccc(Cl)c(C)c1. The summed E-state index contributed by atoms with van der Waals surface area (Å²) >= 11 is 9.64. The van der Waals surface area contributed by atoms with Crippen LogP contribution in [0.4, 0.5) is 0 Å². The molecule has 0 amide bonds. The predicted molar refractivity (Wildman–Crippen MR) is 72.1 cm³/mol. The first-order valence-corrected chi connectivity index (χ1v) is 6.82. The van der Waals surface area contributed by atoms with Crippen molar-refractivity contribution in [3.8, 4) is 0 Å². The normalized spacial score (nSPS) is 12.8. The number of aryl methyl sites for hydroxylation is 2. The summed E-state index contributed by atoms with van der Waals surface area (Å²) in [6.45, 7) is 4.27. The third-order valence-corrected chi connectivity index (χ3v) is 4.18. The van der Waals surface area contributed by atoms with Crippen molar-refractivity contribution in [2.45, 2.75) is 44.4 Å². The molecule has 0 aliphatic rings. The zero-order valence-corrected chi connectivity index (χ0v) is 11.7.